The van der Waals surface area contributed by atoms with Crippen LogP contribution in [0.4, 0.5) is 0 Å². The van der Waals surface area contributed by atoms with E-state index in [-0.39, 0.29) is 23.9 Å². The van der Waals surface area contributed by atoms with Gasteiger partial charge in [-0.2, -0.15) is 0 Å². The van der Waals surface area contributed by atoms with E-state index in [1.54, 1.807) is 24.3 Å². The number of hydrogen-bond donors (Lipinski definition) is 1. The van der Waals surface area contributed by atoms with Crippen molar-refractivity contribution in [2.75, 3.05) is 21.3 Å². The van der Waals surface area contributed by atoms with Crippen LogP contribution in [0.3, 0.4) is 0 Å². The lowest BCUT2D eigenvalue weighted by Crippen LogP contribution is -2.02. The van der Waals surface area contributed by atoms with E-state index in [1.165, 1.54) is 27.4 Å². The Morgan fingerprint density at radius 2 is 1.86 bits per heavy atom. The summed E-state index contributed by atoms with van der Waals surface area (Å²) in [5.41, 5.74) is 2.16. The summed E-state index contributed by atoms with van der Waals surface area (Å²) in [5.74, 6) is 0.723. The van der Waals surface area contributed by atoms with Gasteiger partial charge in [0.2, 0.25) is 0 Å². The SMILES string of the molecule is COC(=O)CCc1cc(OC)c2oc(-c3ccc(O)c(OC)c3)c(C=O)c2c1. The van der Waals surface area contributed by atoms with E-state index >= 15 is 0 Å². The second-order valence-electron chi connectivity index (χ2n) is 6.10. The average molecular weight is 384 g/mol. The van der Waals surface area contributed by atoms with Crippen LogP contribution in [0, 0.1) is 0 Å². The van der Waals surface area contributed by atoms with Crippen molar-refractivity contribution in [3.63, 3.8) is 0 Å². The van der Waals surface area contributed by atoms with E-state index in [0.29, 0.717) is 46.3 Å². The van der Waals surface area contributed by atoms with Crippen molar-refractivity contribution in [2.24, 2.45) is 0 Å². The maximum atomic E-state index is 11.9. The van der Waals surface area contributed by atoms with Crippen molar-refractivity contribution >= 4 is 23.2 Å². The van der Waals surface area contributed by atoms with Crippen LogP contribution in [0.25, 0.3) is 22.3 Å². The quantitative estimate of drug-likeness (QED) is 0.490. The number of hydrogen-bond acceptors (Lipinski definition) is 7. The van der Waals surface area contributed by atoms with E-state index in [1.807, 2.05) is 0 Å². The van der Waals surface area contributed by atoms with Crippen molar-refractivity contribution in [3.8, 4) is 28.6 Å². The molecule has 0 saturated heterocycles. The number of carbonyl (C=O) groups excluding carboxylic acids is 2. The molecule has 0 bridgehead atoms. The van der Waals surface area contributed by atoms with Crippen molar-refractivity contribution in [3.05, 3.63) is 41.5 Å². The minimum Gasteiger partial charge on any atom is -0.504 e. The standard InChI is InChI=1S/C21H20O7/c1-25-17-10-13(5-6-16(17)23)20-15(11-22)14-8-12(4-7-19(24)27-3)9-18(26-2)21(14)28-20/h5-6,8-11,23H,4,7H2,1-3H3. The minimum absolute atomic E-state index is 0.0160. The third-order valence-electron chi connectivity index (χ3n) is 4.48. The Morgan fingerprint density at radius 3 is 2.50 bits per heavy atom. The summed E-state index contributed by atoms with van der Waals surface area (Å²) < 4.78 is 21.2. The number of phenols is 1. The van der Waals surface area contributed by atoms with E-state index < -0.39 is 0 Å². The first kappa shape index (κ1) is 19.3. The zero-order valence-corrected chi connectivity index (χ0v) is 15.8. The molecule has 3 aromatic rings. The Balaban J connectivity index is 2.15. The molecule has 0 aliphatic heterocycles. The fraction of sp³-hybridized carbons (Fsp3) is 0.238. The van der Waals surface area contributed by atoms with Gasteiger partial charge in [0, 0.05) is 17.4 Å². The van der Waals surface area contributed by atoms with Crippen LogP contribution >= 0.6 is 0 Å². The fourth-order valence-corrected chi connectivity index (χ4v) is 3.04. The number of benzene rings is 2. The highest BCUT2D eigenvalue weighted by atomic mass is 16.5. The molecule has 146 valence electrons. The second-order valence-corrected chi connectivity index (χ2v) is 6.10. The molecule has 1 N–H and O–H groups in total. The van der Waals surface area contributed by atoms with E-state index in [4.69, 9.17) is 13.9 Å². The minimum atomic E-state index is -0.321. The Hall–Kier alpha value is -3.48. The lowest BCUT2D eigenvalue weighted by atomic mass is 10.0. The molecular weight excluding hydrogens is 364 g/mol. The van der Waals surface area contributed by atoms with Crippen LogP contribution in [-0.2, 0) is 16.0 Å². The van der Waals surface area contributed by atoms with Crippen molar-refractivity contribution < 1.29 is 33.3 Å². The first-order chi connectivity index (χ1) is 13.5. The molecule has 2 aromatic carbocycles. The van der Waals surface area contributed by atoms with Gasteiger partial charge >= 0.3 is 5.97 Å². The average Bonchev–Trinajstić information content (AvgIpc) is 3.10. The molecule has 1 heterocycles. The van der Waals surface area contributed by atoms with Crippen molar-refractivity contribution in [1.82, 2.24) is 0 Å². The van der Waals surface area contributed by atoms with E-state index in [0.717, 1.165) is 5.56 Å². The van der Waals surface area contributed by atoms with Crippen LogP contribution in [0.2, 0.25) is 0 Å². The molecule has 0 fully saturated rings. The highest BCUT2D eigenvalue weighted by molar-refractivity contribution is 6.04. The zero-order valence-electron chi connectivity index (χ0n) is 15.8. The molecule has 0 saturated carbocycles. The van der Waals surface area contributed by atoms with Crippen LogP contribution < -0.4 is 9.47 Å². The lowest BCUT2D eigenvalue weighted by Gasteiger charge is -2.05. The van der Waals surface area contributed by atoms with Gasteiger partial charge in [-0.05, 0) is 42.3 Å². The molecule has 0 aliphatic rings. The predicted octanol–water partition coefficient (Wildman–Crippen LogP) is 3.74. The summed E-state index contributed by atoms with van der Waals surface area (Å²) in [6.07, 6.45) is 1.36. The normalized spacial score (nSPS) is 10.7. The highest BCUT2D eigenvalue weighted by Gasteiger charge is 2.20. The van der Waals surface area contributed by atoms with Gasteiger partial charge in [-0.3, -0.25) is 9.59 Å². The summed E-state index contributed by atoms with van der Waals surface area (Å²) >= 11 is 0. The molecular formula is C21H20O7. The summed E-state index contributed by atoms with van der Waals surface area (Å²) in [6, 6.07) is 8.26. The molecule has 28 heavy (non-hydrogen) atoms. The third-order valence-corrected chi connectivity index (χ3v) is 4.48. The fourth-order valence-electron chi connectivity index (χ4n) is 3.04. The van der Waals surface area contributed by atoms with Gasteiger partial charge in [-0.15, -0.1) is 0 Å². The molecule has 7 heteroatoms. The molecule has 7 nitrogen and oxygen atoms in total. The van der Waals surface area contributed by atoms with Crippen LogP contribution in [0.15, 0.2) is 34.7 Å². The van der Waals surface area contributed by atoms with Gasteiger partial charge in [-0.25, -0.2) is 0 Å². The molecule has 0 amide bonds. The number of furan rings is 1. The predicted molar refractivity (Wildman–Crippen MR) is 102 cm³/mol. The van der Waals surface area contributed by atoms with Gasteiger partial charge < -0.3 is 23.7 Å². The molecule has 0 spiro atoms. The van der Waals surface area contributed by atoms with Crippen molar-refractivity contribution in [1.29, 1.82) is 0 Å². The maximum absolute atomic E-state index is 11.9. The molecule has 0 unspecified atom stereocenters. The van der Waals surface area contributed by atoms with Gasteiger partial charge in [0.05, 0.1) is 26.9 Å². The number of fused-ring (bicyclic) bond motifs is 1. The number of aromatic hydroxyl groups is 1. The zero-order chi connectivity index (χ0) is 20.3. The molecule has 1 aromatic heterocycles. The van der Waals surface area contributed by atoms with E-state index in [2.05, 4.69) is 4.74 Å². The summed E-state index contributed by atoms with van der Waals surface area (Å²) in [4.78, 5) is 23.3. The number of aryl methyl sites for hydroxylation is 1. The third kappa shape index (κ3) is 3.51. The molecule has 0 atom stereocenters. The van der Waals surface area contributed by atoms with Crippen molar-refractivity contribution in [2.45, 2.75) is 12.8 Å². The van der Waals surface area contributed by atoms with Crippen LogP contribution in [-0.4, -0.2) is 38.7 Å². The van der Waals surface area contributed by atoms with Gasteiger partial charge in [-0.1, -0.05) is 0 Å². The number of rotatable bonds is 7. The first-order valence-corrected chi connectivity index (χ1v) is 8.55. The van der Waals surface area contributed by atoms with E-state index in [9.17, 15) is 14.7 Å². The van der Waals surface area contributed by atoms with Crippen LogP contribution in [0.1, 0.15) is 22.3 Å². The number of ether oxygens (including phenoxy) is 3. The lowest BCUT2D eigenvalue weighted by molar-refractivity contribution is -0.140. The van der Waals surface area contributed by atoms with Gasteiger partial charge in [0.25, 0.3) is 0 Å². The van der Waals surface area contributed by atoms with Gasteiger partial charge in [0.15, 0.2) is 29.1 Å². The monoisotopic (exact) mass is 384 g/mol. The Bertz CT molecular complexity index is 1030. The summed E-state index contributed by atoms with van der Waals surface area (Å²) in [6.45, 7) is 0. The van der Waals surface area contributed by atoms with Crippen LogP contribution in [0.5, 0.6) is 17.2 Å². The summed E-state index contributed by atoms with van der Waals surface area (Å²) in [5, 5.41) is 10.4. The number of phenolic OH excluding ortho intramolecular Hbond substituents is 1. The first-order valence-electron chi connectivity index (χ1n) is 8.55. The molecule has 0 aliphatic carbocycles. The topological polar surface area (TPSA) is 95.2 Å². The Labute approximate surface area is 161 Å². The Morgan fingerprint density at radius 1 is 1.11 bits per heavy atom. The highest BCUT2D eigenvalue weighted by Crippen LogP contribution is 2.40. The largest absolute Gasteiger partial charge is 0.504 e. The number of methoxy groups -OCH3 is 3. The maximum Gasteiger partial charge on any atom is 0.305 e. The smallest absolute Gasteiger partial charge is 0.305 e. The molecule has 3 rings (SSSR count). The second kappa shape index (κ2) is 8.04. The molecule has 0 radical (unpaired) electrons. The summed E-state index contributed by atoms with van der Waals surface area (Å²) in [7, 11) is 4.28. The van der Waals surface area contributed by atoms with Gasteiger partial charge in [0.1, 0.15) is 5.76 Å². The number of esters is 1. The Kier molecular flexibility index (Phi) is 5.54. The number of carbonyl (C=O) groups is 2. The number of aldehydes is 1.